The lowest BCUT2D eigenvalue weighted by atomic mass is 10.3. The van der Waals surface area contributed by atoms with Crippen LogP contribution in [0.2, 0.25) is 0 Å². The molecule has 0 aliphatic carbocycles. The summed E-state index contributed by atoms with van der Waals surface area (Å²) in [6, 6.07) is 1.97. The molecule has 1 rings (SSSR count). The molecule has 4 nitrogen and oxygen atoms in total. The Bertz CT molecular complexity index is 312. The molecule has 1 aromatic heterocycles. The summed E-state index contributed by atoms with van der Waals surface area (Å²) in [7, 11) is 0. The fourth-order valence-corrected chi connectivity index (χ4v) is 1.37. The molecule has 0 saturated carbocycles. The number of hydrogen-bond donors (Lipinski definition) is 2. The second-order valence-corrected chi connectivity index (χ2v) is 3.93. The van der Waals surface area contributed by atoms with Crippen LogP contribution in [0.1, 0.15) is 38.8 Å². The first-order chi connectivity index (χ1) is 7.76. The molecule has 16 heavy (non-hydrogen) atoms. The SMILES string of the molecule is CCCCNc1nc(C)cc(NCCC)n1. The molecule has 1 heterocycles. The van der Waals surface area contributed by atoms with Gasteiger partial charge in [-0.1, -0.05) is 20.3 Å². The number of nitrogens with one attached hydrogen (secondary N) is 2. The van der Waals surface area contributed by atoms with Gasteiger partial charge in [0.15, 0.2) is 0 Å². The van der Waals surface area contributed by atoms with Gasteiger partial charge < -0.3 is 10.6 Å². The van der Waals surface area contributed by atoms with Crippen molar-refractivity contribution in [2.45, 2.75) is 40.0 Å². The number of nitrogens with zero attached hydrogens (tertiary/aromatic N) is 2. The molecule has 0 fully saturated rings. The van der Waals surface area contributed by atoms with Gasteiger partial charge in [-0.05, 0) is 19.8 Å². The summed E-state index contributed by atoms with van der Waals surface area (Å²) < 4.78 is 0. The molecule has 0 spiro atoms. The Morgan fingerprint density at radius 2 is 1.88 bits per heavy atom. The van der Waals surface area contributed by atoms with Crippen molar-refractivity contribution in [2.24, 2.45) is 0 Å². The lowest BCUT2D eigenvalue weighted by molar-refractivity contribution is 0.825. The van der Waals surface area contributed by atoms with Crippen molar-refractivity contribution in [3.63, 3.8) is 0 Å². The van der Waals surface area contributed by atoms with E-state index in [1.807, 2.05) is 13.0 Å². The van der Waals surface area contributed by atoms with Gasteiger partial charge in [0.1, 0.15) is 5.82 Å². The van der Waals surface area contributed by atoms with E-state index in [4.69, 9.17) is 0 Å². The molecule has 0 aliphatic rings. The van der Waals surface area contributed by atoms with Gasteiger partial charge in [0, 0.05) is 24.8 Å². The van der Waals surface area contributed by atoms with Crippen LogP contribution in [0.25, 0.3) is 0 Å². The van der Waals surface area contributed by atoms with Crippen LogP contribution in [-0.2, 0) is 0 Å². The molecule has 0 amide bonds. The predicted molar refractivity (Wildman–Crippen MR) is 68.9 cm³/mol. The fraction of sp³-hybridized carbons (Fsp3) is 0.667. The summed E-state index contributed by atoms with van der Waals surface area (Å²) in [5.74, 6) is 1.64. The first-order valence-electron chi connectivity index (χ1n) is 6.09. The Morgan fingerprint density at radius 3 is 2.56 bits per heavy atom. The number of unbranched alkanes of at least 4 members (excludes halogenated alkanes) is 1. The van der Waals surface area contributed by atoms with Gasteiger partial charge in [0.05, 0.1) is 0 Å². The Hall–Kier alpha value is -1.32. The number of anilines is 2. The Labute approximate surface area is 97.9 Å². The molecule has 1 aromatic rings. The fourth-order valence-electron chi connectivity index (χ4n) is 1.37. The molecular formula is C12H22N4. The van der Waals surface area contributed by atoms with Crippen LogP contribution in [0, 0.1) is 6.92 Å². The van der Waals surface area contributed by atoms with Crippen LogP contribution in [-0.4, -0.2) is 23.1 Å². The van der Waals surface area contributed by atoms with Crippen LogP contribution in [0.4, 0.5) is 11.8 Å². The second-order valence-electron chi connectivity index (χ2n) is 3.93. The summed E-state index contributed by atoms with van der Waals surface area (Å²) in [5.41, 5.74) is 0.993. The first-order valence-corrected chi connectivity index (χ1v) is 6.09. The van der Waals surface area contributed by atoms with Crippen molar-refractivity contribution in [3.8, 4) is 0 Å². The van der Waals surface area contributed by atoms with Crippen LogP contribution < -0.4 is 10.6 Å². The molecule has 4 heteroatoms. The van der Waals surface area contributed by atoms with Crippen molar-refractivity contribution in [2.75, 3.05) is 23.7 Å². The minimum Gasteiger partial charge on any atom is -0.370 e. The molecule has 0 atom stereocenters. The third-order valence-corrected chi connectivity index (χ3v) is 2.22. The smallest absolute Gasteiger partial charge is 0.224 e. The molecule has 0 bridgehead atoms. The van der Waals surface area contributed by atoms with Crippen molar-refractivity contribution in [1.82, 2.24) is 9.97 Å². The van der Waals surface area contributed by atoms with Gasteiger partial charge >= 0.3 is 0 Å². The van der Waals surface area contributed by atoms with E-state index in [1.54, 1.807) is 0 Å². The Kier molecular flexibility index (Phi) is 5.61. The van der Waals surface area contributed by atoms with Gasteiger partial charge in [0.25, 0.3) is 0 Å². The van der Waals surface area contributed by atoms with Gasteiger partial charge in [-0.3, -0.25) is 0 Å². The number of rotatable bonds is 7. The molecule has 0 aromatic carbocycles. The van der Waals surface area contributed by atoms with Crippen molar-refractivity contribution in [3.05, 3.63) is 11.8 Å². The van der Waals surface area contributed by atoms with E-state index < -0.39 is 0 Å². The van der Waals surface area contributed by atoms with E-state index in [0.29, 0.717) is 0 Å². The second kappa shape index (κ2) is 7.04. The molecule has 0 aliphatic heterocycles. The highest BCUT2D eigenvalue weighted by Gasteiger charge is 2.00. The zero-order valence-electron chi connectivity index (χ0n) is 10.5. The number of aromatic nitrogens is 2. The van der Waals surface area contributed by atoms with E-state index in [0.717, 1.165) is 43.4 Å². The molecule has 0 unspecified atom stereocenters. The average Bonchev–Trinajstić information content (AvgIpc) is 2.26. The zero-order valence-corrected chi connectivity index (χ0v) is 10.5. The molecule has 2 N–H and O–H groups in total. The van der Waals surface area contributed by atoms with E-state index in [9.17, 15) is 0 Å². The van der Waals surface area contributed by atoms with E-state index in [2.05, 4.69) is 34.4 Å². The van der Waals surface area contributed by atoms with Crippen molar-refractivity contribution < 1.29 is 0 Å². The summed E-state index contributed by atoms with van der Waals surface area (Å²) in [6.45, 7) is 8.19. The zero-order chi connectivity index (χ0) is 11.8. The Morgan fingerprint density at radius 1 is 1.06 bits per heavy atom. The molecule has 0 radical (unpaired) electrons. The lowest BCUT2D eigenvalue weighted by Crippen LogP contribution is -2.09. The van der Waals surface area contributed by atoms with E-state index in [-0.39, 0.29) is 0 Å². The van der Waals surface area contributed by atoms with Crippen LogP contribution in [0.3, 0.4) is 0 Å². The number of hydrogen-bond acceptors (Lipinski definition) is 4. The van der Waals surface area contributed by atoms with Gasteiger partial charge in [-0.15, -0.1) is 0 Å². The van der Waals surface area contributed by atoms with E-state index in [1.165, 1.54) is 6.42 Å². The highest BCUT2D eigenvalue weighted by atomic mass is 15.1. The largest absolute Gasteiger partial charge is 0.370 e. The van der Waals surface area contributed by atoms with Crippen LogP contribution in [0.15, 0.2) is 6.07 Å². The maximum absolute atomic E-state index is 4.41. The third-order valence-electron chi connectivity index (χ3n) is 2.22. The average molecular weight is 222 g/mol. The quantitative estimate of drug-likeness (QED) is 0.696. The number of aryl methyl sites for hydroxylation is 1. The third kappa shape index (κ3) is 4.47. The predicted octanol–water partition coefficient (Wildman–Crippen LogP) is 2.82. The summed E-state index contributed by atoms with van der Waals surface area (Å²) in [6.07, 6.45) is 3.43. The summed E-state index contributed by atoms with van der Waals surface area (Å²) in [4.78, 5) is 8.76. The standard InChI is InChI=1S/C12H22N4/c1-4-6-8-14-12-15-10(3)9-11(16-12)13-7-5-2/h9H,4-8H2,1-3H3,(H2,13,14,15,16). The van der Waals surface area contributed by atoms with Gasteiger partial charge in [-0.25, -0.2) is 4.98 Å². The van der Waals surface area contributed by atoms with Crippen LogP contribution in [0.5, 0.6) is 0 Å². The highest BCUT2D eigenvalue weighted by Crippen LogP contribution is 2.09. The van der Waals surface area contributed by atoms with Crippen LogP contribution >= 0.6 is 0 Å². The monoisotopic (exact) mass is 222 g/mol. The Balaban J connectivity index is 2.58. The highest BCUT2D eigenvalue weighted by molar-refractivity contribution is 5.41. The topological polar surface area (TPSA) is 49.8 Å². The minimum atomic E-state index is 0.729. The molecule has 0 saturated heterocycles. The maximum Gasteiger partial charge on any atom is 0.224 e. The van der Waals surface area contributed by atoms with E-state index >= 15 is 0 Å². The minimum absolute atomic E-state index is 0.729. The molecular weight excluding hydrogens is 200 g/mol. The van der Waals surface area contributed by atoms with Crippen molar-refractivity contribution >= 4 is 11.8 Å². The molecule has 90 valence electrons. The maximum atomic E-state index is 4.41. The lowest BCUT2D eigenvalue weighted by Gasteiger charge is -2.08. The van der Waals surface area contributed by atoms with Gasteiger partial charge in [0.2, 0.25) is 5.95 Å². The van der Waals surface area contributed by atoms with Crippen molar-refractivity contribution in [1.29, 1.82) is 0 Å². The first kappa shape index (κ1) is 12.7. The summed E-state index contributed by atoms with van der Waals surface area (Å²) in [5, 5.41) is 6.52. The normalized spacial score (nSPS) is 10.2. The van der Waals surface area contributed by atoms with Gasteiger partial charge in [-0.2, -0.15) is 4.98 Å². The summed E-state index contributed by atoms with van der Waals surface area (Å²) >= 11 is 0.